The van der Waals surface area contributed by atoms with Crippen LogP contribution in [0.3, 0.4) is 0 Å². The monoisotopic (exact) mass is 394 g/mol. The summed E-state index contributed by atoms with van der Waals surface area (Å²) in [6.07, 6.45) is -4.47. The van der Waals surface area contributed by atoms with Gasteiger partial charge in [0.2, 0.25) is 5.91 Å². The molecule has 2 N–H and O–H groups in total. The molecule has 2 amide bonds. The van der Waals surface area contributed by atoms with Gasteiger partial charge < -0.3 is 15.4 Å². The van der Waals surface area contributed by atoms with Gasteiger partial charge in [0.25, 0.3) is 5.91 Å². The molecule has 0 aliphatic heterocycles. The van der Waals surface area contributed by atoms with Gasteiger partial charge in [-0.2, -0.15) is 13.2 Å². The van der Waals surface area contributed by atoms with Gasteiger partial charge in [0, 0.05) is 19.2 Å². The lowest BCUT2D eigenvalue weighted by Crippen LogP contribution is -2.28. The van der Waals surface area contributed by atoms with E-state index in [0.717, 1.165) is 12.1 Å². The van der Waals surface area contributed by atoms with Gasteiger partial charge in [0.05, 0.1) is 11.1 Å². The minimum absolute atomic E-state index is 0.133. The van der Waals surface area contributed by atoms with E-state index >= 15 is 0 Å². The molecule has 0 unspecified atom stereocenters. The number of halogens is 3. The molecule has 9 heteroatoms. The Balaban J connectivity index is 1.82. The molecule has 6 nitrogen and oxygen atoms in total. The summed E-state index contributed by atoms with van der Waals surface area (Å²) >= 11 is 0. The van der Waals surface area contributed by atoms with Crippen LogP contribution < -0.4 is 10.6 Å². The number of amides is 2. The maximum absolute atomic E-state index is 12.7. The number of rotatable bonds is 6. The van der Waals surface area contributed by atoms with Gasteiger partial charge >= 0.3 is 12.1 Å². The first-order valence-electron chi connectivity index (χ1n) is 8.13. The van der Waals surface area contributed by atoms with E-state index < -0.39 is 30.2 Å². The first kappa shape index (κ1) is 20.9. The quantitative estimate of drug-likeness (QED) is 0.738. The minimum Gasteiger partial charge on any atom is -0.452 e. The van der Waals surface area contributed by atoms with Crippen LogP contribution in [-0.2, 0) is 27.0 Å². The number of benzene rings is 2. The van der Waals surface area contributed by atoms with E-state index in [-0.39, 0.29) is 23.6 Å². The molecule has 0 spiro atoms. The van der Waals surface area contributed by atoms with Crippen molar-refractivity contribution in [3.05, 3.63) is 65.2 Å². The van der Waals surface area contributed by atoms with Crippen molar-refractivity contribution in [3.8, 4) is 0 Å². The molecule has 0 heterocycles. The van der Waals surface area contributed by atoms with Crippen molar-refractivity contribution in [2.75, 3.05) is 11.9 Å². The van der Waals surface area contributed by atoms with Gasteiger partial charge in [0.1, 0.15) is 0 Å². The normalized spacial score (nSPS) is 10.9. The summed E-state index contributed by atoms with van der Waals surface area (Å²) in [7, 11) is 0. The number of ether oxygens (including phenoxy) is 1. The highest BCUT2D eigenvalue weighted by molar-refractivity contribution is 5.93. The highest BCUT2D eigenvalue weighted by Crippen LogP contribution is 2.29. The summed E-state index contributed by atoms with van der Waals surface area (Å²) in [6, 6.07) is 10.4. The van der Waals surface area contributed by atoms with Crippen LogP contribution in [0.15, 0.2) is 48.5 Å². The minimum atomic E-state index is -4.47. The molecule has 2 rings (SSSR count). The van der Waals surface area contributed by atoms with Crippen LogP contribution in [0.25, 0.3) is 0 Å². The van der Waals surface area contributed by atoms with E-state index in [2.05, 4.69) is 10.6 Å². The van der Waals surface area contributed by atoms with Crippen molar-refractivity contribution in [1.82, 2.24) is 5.32 Å². The fraction of sp³-hybridized carbons (Fsp3) is 0.211. The zero-order valence-electron chi connectivity index (χ0n) is 14.8. The smallest absolute Gasteiger partial charge is 0.416 e. The second kappa shape index (κ2) is 9.03. The fourth-order valence-electron chi connectivity index (χ4n) is 2.22. The predicted octanol–water partition coefficient (Wildman–Crippen LogP) is 3.14. The van der Waals surface area contributed by atoms with Crippen LogP contribution in [0, 0.1) is 0 Å². The standard InChI is InChI=1S/C19H17F3N2O4/c1-12(25)24-16-7-5-14(6-8-16)18(27)28-11-17(26)23-10-13-3-2-4-15(9-13)19(20,21)22/h2-9H,10-11H2,1H3,(H,23,26)(H,24,25). The topological polar surface area (TPSA) is 84.5 Å². The molecule has 0 aliphatic carbocycles. The molecule has 0 saturated carbocycles. The van der Waals surface area contributed by atoms with Gasteiger partial charge in [-0.1, -0.05) is 12.1 Å². The number of carbonyl (C=O) groups excluding carboxylic acids is 3. The number of alkyl halides is 3. The Morgan fingerprint density at radius 1 is 1.04 bits per heavy atom. The van der Waals surface area contributed by atoms with Gasteiger partial charge in [-0.25, -0.2) is 4.79 Å². The van der Waals surface area contributed by atoms with Gasteiger partial charge in [-0.3, -0.25) is 9.59 Å². The van der Waals surface area contributed by atoms with Crippen LogP contribution in [-0.4, -0.2) is 24.4 Å². The third kappa shape index (κ3) is 6.42. The number of hydrogen-bond acceptors (Lipinski definition) is 4. The molecule has 2 aromatic carbocycles. The first-order valence-corrected chi connectivity index (χ1v) is 8.13. The number of nitrogens with one attached hydrogen (secondary N) is 2. The van der Waals surface area contributed by atoms with E-state index in [1.807, 2.05) is 0 Å². The SMILES string of the molecule is CC(=O)Nc1ccc(C(=O)OCC(=O)NCc2cccc(C(F)(F)F)c2)cc1. The molecule has 0 aliphatic rings. The third-order valence-corrected chi connectivity index (χ3v) is 3.52. The Hall–Kier alpha value is -3.36. The Labute approximate surface area is 158 Å². The molecule has 0 saturated heterocycles. The lowest BCUT2D eigenvalue weighted by molar-refractivity contribution is -0.137. The van der Waals surface area contributed by atoms with Crippen molar-refractivity contribution < 1.29 is 32.3 Å². The number of esters is 1. The zero-order valence-corrected chi connectivity index (χ0v) is 14.8. The molecular formula is C19H17F3N2O4. The Kier molecular flexibility index (Phi) is 6.75. The van der Waals surface area contributed by atoms with Crippen molar-refractivity contribution in [2.45, 2.75) is 19.6 Å². The second-order valence-electron chi connectivity index (χ2n) is 5.81. The molecule has 0 radical (unpaired) electrons. The molecule has 148 valence electrons. The van der Waals surface area contributed by atoms with E-state index in [1.165, 1.54) is 43.3 Å². The number of anilines is 1. The molecule has 28 heavy (non-hydrogen) atoms. The first-order chi connectivity index (χ1) is 13.1. The summed E-state index contributed by atoms with van der Waals surface area (Å²) in [4.78, 5) is 34.6. The predicted molar refractivity (Wildman–Crippen MR) is 94.3 cm³/mol. The Morgan fingerprint density at radius 2 is 1.71 bits per heavy atom. The van der Waals surface area contributed by atoms with Crippen LogP contribution in [0.4, 0.5) is 18.9 Å². The summed E-state index contributed by atoms with van der Waals surface area (Å²) in [6.45, 7) is 0.636. The van der Waals surface area contributed by atoms with Crippen LogP contribution >= 0.6 is 0 Å². The van der Waals surface area contributed by atoms with Crippen molar-refractivity contribution in [1.29, 1.82) is 0 Å². The molecule has 2 aromatic rings. The van der Waals surface area contributed by atoms with Crippen LogP contribution in [0.2, 0.25) is 0 Å². The summed E-state index contributed by atoms with van der Waals surface area (Å²) in [5, 5.41) is 4.93. The van der Waals surface area contributed by atoms with E-state index in [9.17, 15) is 27.6 Å². The summed E-state index contributed by atoms with van der Waals surface area (Å²) < 4.78 is 42.8. The van der Waals surface area contributed by atoms with Gasteiger partial charge in [-0.05, 0) is 42.0 Å². The summed E-state index contributed by atoms with van der Waals surface area (Å²) in [5.74, 6) is -1.66. The van der Waals surface area contributed by atoms with Crippen molar-refractivity contribution >= 4 is 23.5 Å². The third-order valence-electron chi connectivity index (χ3n) is 3.52. The van der Waals surface area contributed by atoms with E-state index in [1.54, 1.807) is 0 Å². The average molecular weight is 394 g/mol. The Morgan fingerprint density at radius 3 is 2.32 bits per heavy atom. The van der Waals surface area contributed by atoms with Gasteiger partial charge in [-0.15, -0.1) is 0 Å². The van der Waals surface area contributed by atoms with Crippen molar-refractivity contribution in [3.63, 3.8) is 0 Å². The second-order valence-corrected chi connectivity index (χ2v) is 5.81. The lowest BCUT2D eigenvalue weighted by Gasteiger charge is -2.10. The highest BCUT2D eigenvalue weighted by Gasteiger charge is 2.30. The fourth-order valence-corrected chi connectivity index (χ4v) is 2.22. The maximum Gasteiger partial charge on any atom is 0.416 e. The number of hydrogen-bond donors (Lipinski definition) is 2. The zero-order chi connectivity index (χ0) is 20.7. The molecular weight excluding hydrogens is 377 g/mol. The molecule has 0 fully saturated rings. The number of carbonyl (C=O) groups is 3. The summed E-state index contributed by atoms with van der Waals surface area (Å²) in [5.41, 5.74) is 0.138. The Bertz CT molecular complexity index is 864. The largest absolute Gasteiger partial charge is 0.452 e. The van der Waals surface area contributed by atoms with Crippen LogP contribution in [0.5, 0.6) is 0 Å². The lowest BCUT2D eigenvalue weighted by atomic mass is 10.1. The molecule has 0 atom stereocenters. The van der Waals surface area contributed by atoms with E-state index in [0.29, 0.717) is 5.69 Å². The van der Waals surface area contributed by atoms with Crippen LogP contribution in [0.1, 0.15) is 28.4 Å². The van der Waals surface area contributed by atoms with E-state index in [4.69, 9.17) is 4.74 Å². The average Bonchev–Trinajstić information content (AvgIpc) is 2.64. The maximum atomic E-state index is 12.7. The van der Waals surface area contributed by atoms with Gasteiger partial charge in [0.15, 0.2) is 6.61 Å². The highest BCUT2D eigenvalue weighted by atomic mass is 19.4. The molecule has 0 bridgehead atoms. The van der Waals surface area contributed by atoms with Crippen molar-refractivity contribution in [2.24, 2.45) is 0 Å². The molecule has 0 aromatic heterocycles.